The smallest absolute Gasteiger partial charge is 0.179 e. The molecule has 0 bridgehead atoms. The van der Waals surface area contributed by atoms with E-state index < -0.39 is 0 Å². The van der Waals surface area contributed by atoms with E-state index >= 15 is 0 Å². The Morgan fingerprint density at radius 3 is 2.83 bits per heavy atom. The fraction of sp³-hybridized carbons (Fsp3) is 0.250. The highest BCUT2D eigenvalue weighted by Gasteiger charge is 2.09. The first kappa shape index (κ1) is 10.2. The van der Waals surface area contributed by atoms with Gasteiger partial charge in [0.15, 0.2) is 11.6 Å². The van der Waals surface area contributed by atoms with Crippen molar-refractivity contribution in [3.8, 4) is 5.75 Å². The van der Waals surface area contributed by atoms with Gasteiger partial charge < -0.3 is 4.74 Å². The molecule has 12 heavy (non-hydrogen) atoms. The molecule has 0 aliphatic rings. The third-order valence-corrected chi connectivity index (χ3v) is 3.76. The number of benzene rings is 1. The van der Waals surface area contributed by atoms with Gasteiger partial charge in [0.05, 0.1) is 10.2 Å². The fourth-order valence-electron chi connectivity index (χ4n) is 0.775. The summed E-state index contributed by atoms with van der Waals surface area (Å²) in [7, 11) is 0. The van der Waals surface area contributed by atoms with Gasteiger partial charge in [-0.1, -0.05) is 0 Å². The maximum atomic E-state index is 13.3. The molecule has 1 aromatic carbocycles. The van der Waals surface area contributed by atoms with E-state index in [1.54, 1.807) is 12.1 Å². The summed E-state index contributed by atoms with van der Waals surface area (Å²) in [6, 6.07) is 3.39. The van der Waals surface area contributed by atoms with Crippen molar-refractivity contribution in [2.45, 2.75) is 6.92 Å². The highest BCUT2D eigenvalue weighted by Crippen LogP contribution is 2.28. The van der Waals surface area contributed by atoms with E-state index in [4.69, 9.17) is 4.74 Å². The Morgan fingerprint density at radius 1 is 1.58 bits per heavy atom. The third kappa shape index (κ3) is 2.10. The van der Waals surface area contributed by atoms with Gasteiger partial charge in [-0.3, -0.25) is 0 Å². The first-order chi connectivity index (χ1) is 5.66. The summed E-state index contributed by atoms with van der Waals surface area (Å²) in [6.07, 6.45) is 0. The third-order valence-electron chi connectivity index (χ3n) is 1.30. The number of rotatable bonds is 2. The van der Waals surface area contributed by atoms with E-state index in [1.807, 2.05) is 29.5 Å². The Kier molecular flexibility index (Phi) is 3.77. The second kappa shape index (κ2) is 4.41. The predicted molar refractivity (Wildman–Crippen MR) is 58.0 cm³/mol. The van der Waals surface area contributed by atoms with Crippen molar-refractivity contribution >= 4 is 38.5 Å². The van der Waals surface area contributed by atoms with Crippen LogP contribution >= 0.6 is 38.5 Å². The summed E-state index contributed by atoms with van der Waals surface area (Å²) in [5, 5.41) is 0. The zero-order valence-corrected chi connectivity index (χ0v) is 10.1. The first-order valence-electron chi connectivity index (χ1n) is 3.43. The summed E-state index contributed by atoms with van der Waals surface area (Å²) in [5.74, 6) is 0.0110. The Labute approximate surface area is 92.6 Å². The van der Waals surface area contributed by atoms with Crippen LogP contribution in [0.1, 0.15) is 6.92 Å². The normalized spacial score (nSPS) is 10.0. The lowest BCUT2D eigenvalue weighted by Crippen LogP contribution is -1.96. The summed E-state index contributed by atoms with van der Waals surface area (Å²) in [5.41, 5.74) is 0. The molecule has 0 aromatic heterocycles. The zero-order valence-electron chi connectivity index (χ0n) is 6.40. The van der Waals surface area contributed by atoms with Gasteiger partial charge in [-0.15, -0.1) is 0 Å². The predicted octanol–water partition coefficient (Wildman–Crippen LogP) is 3.59. The molecule has 0 atom stereocenters. The second-order valence-corrected chi connectivity index (χ2v) is 4.04. The van der Waals surface area contributed by atoms with E-state index in [-0.39, 0.29) is 5.82 Å². The fourth-order valence-corrected chi connectivity index (χ4v) is 1.53. The molecule has 4 heteroatoms. The average molecular weight is 345 g/mol. The molecule has 0 fully saturated rings. The number of hydrogen-bond donors (Lipinski definition) is 0. The molecule has 0 heterocycles. The molecule has 0 aliphatic carbocycles. The molecule has 0 amide bonds. The van der Waals surface area contributed by atoms with Crippen LogP contribution in [-0.4, -0.2) is 6.61 Å². The lowest BCUT2D eigenvalue weighted by atomic mass is 10.3. The van der Waals surface area contributed by atoms with E-state index in [1.165, 1.54) is 0 Å². The van der Waals surface area contributed by atoms with Gasteiger partial charge in [-0.25, -0.2) is 4.39 Å². The molecule has 0 unspecified atom stereocenters. The lowest BCUT2D eigenvalue weighted by Gasteiger charge is -2.06. The van der Waals surface area contributed by atoms with Gasteiger partial charge in [0, 0.05) is 4.47 Å². The van der Waals surface area contributed by atoms with Crippen molar-refractivity contribution in [3.63, 3.8) is 0 Å². The average Bonchev–Trinajstić information content (AvgIpc) is 2.07. The zero-order chi connectivity index (χ0) is 9.14. The van der Waals surface area contributed by atoms with Crippen molar-refractivity contribution in [1.29, 1.82) is 0 Å². The topological polar surface area (TPSA) is 9.23 Å². The number of hydrogen-bond acceptors (Lipinski definition) is 1. The highest BCUT2D eigenvalue weighted by atomic mass is 127. The van der Waals surface area contributed by atoms with Crippen LogP contribution in [0.2, 0.25) is 0 Å². The van der Waals surface area contributed by atoms with Crippen molar-refractivity contribution in [3.05, 3.63) is 26.0 Å². The monoisotopic (exact) mass is 344 g/mol. The number of ether oxygens (including phenoxy) is 1. The molecular formula is C8H7BrFIO. The van der Waals surface area contributed by atoms with Crippen molar-refractivity contribution < 1.29 is 9.13 Å². The molecule has 1 aromatic rings. The van der Waals surface area contributed by atoms with E-state index in [0.29, 0.717) is 15.9 Å². The van der Waals surface area contributed by atoms with Crippen LogP contribution in [0.5, 0.6) is 5.75 Å². The molecule has 0 radical (unpaired) electrons. The molecular weight excluding hydrogens is 338 g/mol. The molecule has 0 N–H and O–H groups in total. The van der Waals surface area contributed by atoms with Crippen LogP contribution in [0.4, 0.5) is 4.39 Å². The van der Waals surface area contributed by atoms with Crippen LogP contribution in [0.15, 0.2) is 16.6 Å². The Hall–Kier alpha value is 0.160. The van der Waals surface area contributed by atoms with Crippen molar-refractivity contribution in [2.24, 2.45) is 0 Å². The van der Waals surface area contributed by atoms with Gasteiger partial charge in [0.25, 0.3) is 0 Å². The van der Waals surface area contributed by atoms with Gasteiger partial charge in [0.1, 0.15) is 0 Å². The summed E-state index contributed by atoms with van der Waals surface area (Å²) in [4.78, 5) is 0. The maximum Gasteiger partial charge on any atom is 0.179 e. The minimum absolute atomic E-state index is 0.299. The van der Waals surface area contributed by atoms with E-state index in [9.17, 15) is 4.39 Å². The minimum atomic E-state index is -0.299. The molecule has 1 nitrogen and oxygen atoms in total. The van der Waals surface area contributed by atoms with Crippen LogP contribution in [0, 0.1) is 9.39 Å². The quantitative estimate of drug-likeness (QED) is 0.588. The lowest BCUT2D eigenvalue weighted by molar-refractivity contribution is 0.320. The van der Waals surface area contributed by atoms with Crippen LogP contribution in [0.25, 0.3) is 0 Å². The number of halogens is 3. The molecule has 0 saturated heterocycles. The van der Waals surface area contributed by atoms with Crippen LogP contribution in [0.3, 0.4) is 0 Å². The highest BCUT2D eigenvalue weighted by molar-refractivity contribution is 14.1. The van der Waals surface area contributed by atoms with Crippen LogP contribution < -0.4 is 4.74 Å². The molecule has 0 aliphatic heterocycles. The van der Waals surface area contributed by atoms with Gasteiger partial charge in [-0.2, -0.15) is 0 Å². The Morgan fingerprint density at radius 2 is 2.25 bits per heavy atom. The van der Waals surface area contributed by atoms with Crippen LogP contribution in [-0.2, 0) is 0 Å². The largest absolute Gasteiger partial charge is 0.491 e. The minimum Gasteiger partial charge on any atom is -0.491 e. The summed E-state index contributed by atoms with van der Waals surface area (Å²) >= 11 is 5.16. The standard InChI is InChI=1S/C8H7BrFIO/c1-2-12-6-4-3-5(9)8(11)7(6)10/h3-4H,2H2,1H3. The molecule has 0 spiro atoms. The van der Waals surface area contributed by atoms with E-state index in [2.05, 4.69) is 15.9 Å². The summed E-state index contributed by atoms with van der Waals surface area (Å²) < 4.78 is 19.7. The molecule has 0 saturated carbocycles. The molecule has 1 rings (SSSR count). The molecule has 66 valence electrons. The van der Waals surface area contributed by atoms with Crippen molar-refractivity contribution in [2.75, 3.05) is 6.61 Å². The van der Waals surface area contributed by atoms with E-state index in [0.717, 1.165) is 4.47 Å². The Bertz CT molecular complexity index is 291. The second-order valence-electron chi connectivity index (χ2n) is 2.11. The SMILES string of the molecule is CCOc1ccc(Br)c(I)c1F. The Balaban J connectivity index is 3.08. The van der Waals surface area contributed by atoms with Gasteiger partial charge in [0.2, 0.25) is 0 Å². The maximum absolute atomic E-state index is 13.3. The summed E-state index contributed by atoms with van der Waals surface area (Å²) in [6.45, 7) is 2.31. The first-order valence-corrected chi connectivity index (χ1v) is 5.30. The van der Waals surface area contributed by atoms with Gasteiger partial charge in [-0.05, 0) is 57.6 Å². The van der Waals surface area contributed by atoms with Gasteiger partial charge >= 0.3 is 0 Å². The van der Waals surface area contributed by atoms with Crippen molar-refractivity contribution in [1.82, 2.24) is 0 Å².